The minimum Gasteiger partial charge on any atom is -0.378 e. The second-order valence-electron chi connectivity index (χ2n) is 3.85. The molecular weight excluding hydrogens is 232 g/mol. The van der Waals surface area contributed by atoms with E-state index in [2.05, 4.69) is 32.2 Å². The lowest BCUT2D eigenvalue weighted by molar-refractivity contribution is 1.04. The standard InChI is InChI=1S/C12H14N4S/c1-9-14-15-12(17-9)13-8-10-4-6-11(7-5-10)16(2)3/h4-8H,1-3H3/b13-8+. The van der Waals surface area contributed by atoms with Crippen molar-refractivity contribution in [1.29, 1.82) is 0 Å². The van der Waals surface area contributed by atoms with Crippen LogP contribution in [0.3, 0.4) is 0 Å². The SMILES string of the molecule is Cc1nnc(/N=C/c2ccc(N(C)C)cc2)s1. The molecule has 17 heavy (non-hydrogen) atoms. The molecule has 0 atom stereocenters. The van der Waals surface area contributed by atoms with Gasteiger partial charge in [-0.2, -0.15) is 0 Å². The molecule has 4 nitrogen and oxygen atoms in total. The van der Waals surface area contributed by atoms with Gasteiger partial charge in [0.05, 0.1) is 0 Å². The summed E-state index contributed by atoms with van der Waals surface area (Å²) in [6.45, 7) is 1.92. The van der Waals surface area contributed by atoms with Crippen LogP contribution in [0.4, 0.5) is 10.8 Å². The number of benzene rings is 1. The zero-order valence-corrected chi connectivity index (χ0v) is 10.9. The van der Waals surface area contributed by atoms with Crippen molar-refractivity contribution in [3.63, 3.8) is 0 Å². The van der Waals surface area contributed by atoms with Crippen LogP contribution in [-0.4, -0.2) is 30.5 Å². The molecule has 2 rings (SSSR count). The van der Waals surface area contributed by atoms with E-state index in [-0.39, 0.29) is 0 Å². The first-order chi connectivity index (χ1) is 8.15. The smallest absolute Gasteiger partial charge is 0.231 e. The van der Waals surface area contributed by atoms with E-state index in [1.807, 2.05) is 33.2 Å². The molecule has 1 aromatic carbocycles. The van der Waals surface area contributed by atoms with Crippen LogP contribution in [0.1, 0.15) is 10.6 Å². The Hall–Kier alpha value is -1.75. The highest BCUT2D eigenvalue weighted by Gasteiger charge is 1.97. The first-order valence-electron chi connectivity index (χ1n) is 5.27. The Morgan fingerprint density at radius 1 is 1.18 bits per heavy atom. The van der Waals surface area contributed by atoms with Crippen LogP contribution in [-0.2, 0) is 0 Å². The normalized spacial score (nSPS) is 11.0. The molecule has 5 heteroatoms. The summed E-state index contributed by atoms with van der Waals surface area (Å²) in [5.74, 6) is 0. The fourth-order valence-electron chi connectivity index (χ4n) is 1.33. The third-order valence-electron chi connectivity index (χ3n) is 2.25. The number of hydrogen-bond donors (Lipinski definition) is 0. The number of nitrogens with zero attached hydrogens (tertiary/aromatic N) is 4. The molecule has 0 unspecified atom stereocenters. The molecule has 0 N–H and O–H groups in total. The van der Waals surface area contributed by atoms with Crippen LogP contribution >= 0.6 is 11.3 Å². The molecule has 0 radical (unpaired) electrons. The van der Waals surface area contributed by atoms with E-state index in [9.17, 15) is 0 Å². The van der Waals surface area contributed by atoms with Gasteiger partial charge in [0.2, 0.25) is 5.13 Å². The van der Waals surface area contributed by atoms with Gasteiger partial charge in [0, 0.05) is 26.0 Å². The van der Waals surface area contributed by atoms with Crippen molar-refractivity contribution in [3.05, 3.63) is 34.8 Å². The first kappa shape index (κ1) is 11.7. The predicted molar refractivity (Wildman–Crippen MR) is 72.7 cm³/mol. The molecule has 0 aliphatic rings. The van der Waals surface area contributed by atoms with Crippen LogP contribution < -0.4 is 4.90 Å². The second-order valence-corrected chi connectivity index (χ2v) is 5.01. The molecular formula is C12H14N4S. The molecule has 88 valence electrons. The van der Waals surface area contributed by atoms with E-state index in [0.717, 1.165) is 10.6 Å². The molecule has 0 spiro atoms. The summed E-state index contributed by atoms with van der Waals surface area (Å²) >= 11 is 1.49. The van der Waals surface area contributed by atoms with E-state index < -0.39 is 0 Å². The van der Waals surface area contributed by atoms with Gasteiger partial charge in [0.1, 0.15) is 5.01 Å². The maximum absolute atomic E-state index is 4.28. The van der Waals surface area contributed by atoms with Crippen molar-refractivity contribution < 1.29 is 0 Å². The molecule has 0 saturated heterocycles. The molecule has 1 heterocycles. The van der Waals surface area contributed by atoms with Gasteiger partial charge in [-0.3, -0.25) is 0 Å². The fourth-order valence-corrected chi connectivity index (χ4v) is 1.86. The van der Waals surface area contributed by atoms with Crippen LogP contribution in [0.15, 0.2) is 29.3 Å². The summed E-state index contributed by atoms with van der Waals surface area (Å²) in [5.41, 5.74) is 2.23. The Balaban J connectivity index is 2.11. The lowest BCUT2D eigenvalue weighted by Gasteiger charge is -2.11. The van der Waals surface area contributed by atoms with Crippen molar-refractivity contribution in [2.24, 2.45) is 4.99 Å². The number of aryl methyl sites for hydroxylation is 1. The quantitative estimate of drug-likeness (QED) is 0.782. The summed E-state index contributed by atoms with van der Waals surface area (Å²) in [5, 5.41) is 9.48. The zero-order chi connectivity index (χ0) is 12.3. The Morgan fingerprint density at radius 2 is 1.88 bits per heavy atom. The fraction of sp³-hybridized carbons (Fsp3) is 0.250. The zero-order valence-electron chi connectivity index (χ0n) is 10.1. The van der Waals surface area contributed by atoms with Crippen LogP contribution in [0.5, 0.6) is 0 Å². The van der Waals surface area contributed by atoms with Gasteiger partial charge in [0.15, 0.2) is 0 Å². The van der Waals surface area contributed by atoms with E-state index in [1.54, 1.807) is 6.21 Å². The summed E-state index contributed by atoms with van der Waals surface area (Å²) in [7, 11) is 4.04. The summed E-state index contributed by atoms with van der Waals surface area (Å²) in [4.78, 5) is 6.34. The van der Waals surface area contributed by atoms with Crippen LogP contribution in [0.2, 0.25) is 0 Å². The van der Waals surface area contributed by atoms with E-state index in [0.29, 0.717) is 5.13 Å². The second kappa shape index (κ2) is 5.05. The summed E-state index contributed by atoms with van der Waals surface area (Å²) < 4.78 is 0. The minimum absolute atomic E-state index is 0.694. The van der Waals surface area contributed by atoms with Gasteiger partial charge < -0.3 is 4.90 Å². The molecule has 1 aromatic heterocycles. The lowest BCUT2D eigenvalue weighted by atomic mass is 10.2. The Kier molecular flexibility index (Phi) is 3.49. The summed E-state index contributed by atoms with van der Waals surface area (Å²) in [6, 6.07) is 8.19. The number of anilines is 1. The largest absolute Gasteiger partial charge is 0.378 e. The van der Waals surface area contributed by atoms with Gasteiger partial charge >= 0.3 is 0 Å². The average Bonchev–Trinajstić information content (AvgIpc) is 2.73. The van der Waals surface area contributed by atoms with E-state index in [4.69, 9.17) is 0 Å². The molecule has 2 aromatic rings. The predicted octanol–water partition coefficient (Wildman–Crippen LogP) is 2.66. The average molecular weight is 246 g/mol. The molecule has 0 bridgehead atoms. The Morgan fingerprint density at radius 3 is 2.41 bits per heavy atom. The third-order valence-corrected chi connectivity index (χ3v) is 3.00. The lowest BCUT2D eigenvalue weighted by Crippen LogP contribution is -2.08. The molecule has 0 aliphatic carbocycles. The third kappa shape index (κ3) is 3.10. The molecule has 0 aliphatic heterocycles. The minimum atomic E-state index is 0.694. The van der Waals surface area contributed by atoms with Crippen molar-refractivity contribution in [2.75, 3.05) is 19.0 Å². The summed E-state index contributed by atoms with van der Waals surface area (Å²) in [6.07, 6.45) is 1.80. The van der Waals surface area contributed by atoms with E-state index >= 15 is 0 Å². The highest BCUT2D eigenvalue weighted by Crippen LogP contribution is 2.17. The van der Waals surface area contributed by atoms with Gasteiger partial charge in [-0.05, 0) is 24.6 Å². The Bertz CT molecular complexity index is 514. The Labute approximate surface area is 105 Å². The highest BCUT2D eigenvalue weighted by atomic mass is 32.1. The van der Waals surface area contributed by atoms with Gasteiger partial charge in [0.25, 0.3) is 0 Å². The molecule has 0 amide bonds. The molecule has 0 saturated carbocycles. The van der Waals surface area contributed by atoms with Crippen molar-refractivity contribution in [1.82, 2.24) is 10.2 Å². The number of aliphatic imine (C=N–C) groups is 1. The number of hydrogen-bond acceptors (Lipinski definition) is 5. The van der Waals surface area contributed by atoms with Crippen LogP contribution in [0.25, 0.3) is 0 Å². The van der Waals surface area contributed by atoms with Gasteiger partial charge in [-0.1, -0.05) is 23.5 Å². The first-order valence-corrected chi connectivity index (χ1v) is 6.08. The topological polar surface area (TPSA) is 41.4 Å². The molecule has 0 fully saturated rings. The van der Waals surface area contributed by atoms with Gasteiger partial charge in [-0.15, -0.1) is 10.2 Å². The van der Waals surface area contributed by atoms with Crippen LogP contribution in [0, 0.1) is 6.92 Å². The maximum Gasteiger partial charge on any atom is 0.231 e. The van der Waals surface area contributed by atoms with E-state index in [1.165, 1.54) is 17.0 Å². The van der Waals surface area contributed by atoms with Gasteiger partial charge in [-0.25, -0.2) is 4.99 Å². The highest BCUT2D eigenvalue weighted by molar-refractivity contribution is 7.14. The number of rotatable bonds is 3. The maximum atomic E-state index is 4.28. The van der Waals surface area contributed by atoms with Crippen molar-refractivity contribution >= 4 is 28.4 Å². The van der Waals surface area contributed by atoms with Crippen molar-refractivity contribution in [2.45, 2.75) is 6.92 Å². The number of aromatic nitrogens is 2. The van der Waals surface area contributed by atoms with Crippen molar-refractivity contribution in [3.8, 4) is 0 Å². The monoisotopic (exact) mass is 246 g/mol.